The Morgan fingerprint density at radius 3 is 2.64 bits per heavy atom. The van der Waals surface area contributed by atoms with Crippen LogP contribution in [0.2, 0.25) is 10.0 Å². The molecule has 1 aliphatic carbocycles. The Morgan fingerprint density at radius 1 is 1.24 bits per heavy atom. The molecule has 1 saturated carbocycles. The zero-order chi connectivity index (χ0) is 23.8. The van der Waals surface area contributed by atoms with Gasteiger partial charge >= 0.3 is 0 Å². The van der Waals surface area contributed by atoms with Crippen LogP contribution in [0.5, 0.6) is 0 Å². The molecule has 1 aliphatic heterocycles. The Balaban J connectivity index is 1.42. The zero-order valence-corrected chi connectivity index (χ0v) is 24.3. The summed E-state index contributed by atoms with van der Waals surface area (Å²) in [5, 5.41) is 1.90. The summed E-state index contributed by atoms with van der Waals surface area (Å²) in [4.78, 5) is 12.7. The molecule has 33 heavy (non-hydrogen) atoms. The van der Waals surface area contributed by atoms with E-state index in [1.54, 1.807) is 6.07 Å². The van der Waals surface area contributed by atoms with Gasteiger partial charge in [0.05, 0.1) is 32.0 Å². The Hall–Kier alpha value is -0.130. The lowest BCUT2D eigenvalue weighted by molar-refractivity contribution is 0.188. The van der Waals surface area contributed by atoms with Gasteiger partial charge in [0.2, 0.25) is 0 Å². The molecule has 2 atom stereocenters. The molecule has 0 amide bonds. The number of hydrogen-bond donors (Lipinski definition) is 1. The predicted molar refractivity (Wildman–Crippen MR) is 148 cm³/mol. The molecule has 2 fully saturated rings. The lowest BCUT2D eigenvalue weighted by Gasteiger charge is -2.44. The summed E-state index contributed by atoms with van der Waals surface area (Å²) in [6, 6.07) is 5.93. The number of piperidine rings is 1. The van der Waals surface area contributed by atoms with Gasteiger partial charge in [0, 0.05) is 24.0 Å². The number of nitrogens with zero attached hydrogens (tertiary/aromatic N) is 3. The molecule has 2 aromatic rings. The first-order valence-corrected chi connectivity index (χ1v) is 15.0. The molecule has 1 unspecified atom stereocenters. The van der Waals surface area contributed by atoms with Crippen LogP contribution in [0.1, 0.15) is 52.9 Å². The van der Waals surface area contributed by atoms with E-state index in [0.29, 0.717) is 16.1 Å². The number of anilines is 1. The standard InChI is InChI=1S/C23H29Cl2IN4OS2/c1-22(2,3)33(31)29-17-8-5-9-23(17)10-12-30(13-11-23)18-14-27-21(20(26)28-18)32-16-7-4-6-15(24)19(16)25/h4,6-7,14,17,29H,5,8-13H2,1-3H3/t17-,33?/m1/s1. The highest BCUT2D eigenvalue weighted by Gasteiger charge is 2.46. The van der Waals surface area contributed by atoms with E-state index < -0.39 is 11.0 Å². The maximum absolute atomic E-state index is 12.7. The van der Waals surface area contributed by atoms with Crippen molar-refractivity contribution in [2.24, 2.45) is 5.41 Å². The monoisotopic (exact) mass is 638 g/mol. The molecular weight excluding hydrogens is 610 g/mol. The third-order valence-electron chi connectivity index (χ3n) is 6.60. The SMILES string of the molecule is CC(C)(C)S(=O)N[C@@H]1CCCC12CCN(c1cnc(Sc3cccc(Cl)c3Cl)c(I)n1)CC2. The molecule has 10 heteroatoms. The van der Waals surface area contributed by atoms with Gasteiger partial charge in [0.25, 0.3) is 0 Å². The lowest BCUT2D eigenvalue weighted by atomic mass is 9.74. The molecule has 5 nitrogen and oxygen atoms in total. The van der Waals surface area contributed by atoms with Crippen molar-refractivity contribution < 1.29 is 4.21 Å². The molecule has 1 spiro atoms. The molecule has 0 bridgehead atoms. The molecule has 2 heterocycles. The van der Waals surface area contributed by atoms with E-state index in [1.807, 2.05) is 39.1 Å². The minimum absolute atomic E-state index is 0.233. The van der Waals surface area contributed by atoms with Gasteiger partial charge in [-0.15, -0.1) is 0 Å². The van der Waals surface area contributed by atoms with Crippen LogP contribution < -0.4 is 9.62 Å². The molecule has 2 aliphatic rings. The normalized spacial score (nSPS) is 21.5. The molecule has 1 saturated heterocycles. The Kier molecular flexibility index (Phi) is 8.23. The van der Waals surface area contributed by atoms with E-state index in [4.69, 9.17) is 28.2 Å². The van der Waals surface area contributed by atoms with Crippen LogP contribution in [0.4, 0.5) is 5.82 Å². The van der Waals surface area contributed by atoms with Gasteiger partial charge in [0.15, 0.2) is 0 Å². The fourth-order valence-electron chi connectivity index (χ4n) is 4.64. The maximum Gasteiger partial charge on any atom is 0.148 e. The summed E-state index contributed by atoms with van der Waals surface area (Å²) in [6.07, 6.45) is 7.54. The minimum Gasteiger partial charge on any atom is -0.355 e. The number of rotatable bonds is 5. The maximum atomic E-state index is 12.7. The van der Waals surface area contributed by atoms with Crippen LogP contribution in [0.15, 0.2) is 34.3 Å². The van der Waals surface area contributed by atoms with Crippen LogP contribution in [-0.4, -0.2) is 38.1 Å². The molecule has 1 N–H and O–H groups in total. The number of hydrogen-bond acceptors (Lipinski definition) is 5. The summed E-state index contributed by atoms with van der Waals surface area (Å²) >= 11 is 16.2. The summed E-state index contributed by atoms with van der Waals surface area (Å²) < 4.78 is 16.8. The first-order chi connectivity index (χ1) is 15.6. The van der Waals surface area contributed by atoms with Crippen molar-refractivity contribution >= 4 is 74.4 Å². The van der Waals surface area contributed by atoms with Crippen LogP contribution in [0.25, 0.3) is 0 Å². The van der Waals surface area contributed by atoms with Crippen LogP contribution in [-0.2, 0) is 11.0 Å². The van der Waals surface area contributed by atoms with E-state index in [0.717, 1.165) is 51.8 Å². The molecule has 0 radical (unpaired) electrons. The van der Waals surface area contributed by atoms with E-state index in [1.165, 1.54) is 24.6 Å². The first kappa shape index (κ1) is 25.9. The topological polar surface area (TPSA) is 58.1 Å². The summed E-state index contributed by atoms with van der Waals surface area (Å²) in [6.45, 7) is 7.98. The Bertz CT molecular complexity index is 1040. The second-order valence-electron chi connectivity index (χ2n) is 9.77. The molecule has 4 rings (SSSR count). The van der Waals surface area contributed by atoms with Crippen molar-refractivity contribution in [3.63, 3.8) is 0 Å². The van der Waals surface area contributed by atoms with Crippen LogP contribution >= 0.6 is 57.6 Å². The van der Waals surface area contributed by atoms with Crippen molar-refractivity contribution in [2.75, 3.05) is 18.0 Å². The second kappa shape index (κ2) is 10.5. The van der Waals surface area contributed by atoms with Gasteiger partial charge in [-0.05, 0) is 86.6 Å². The lowest BCUT2D eigenvalue weighted by Crippen LogP contribution is -2.51. The van der Waals surface area contributed by atoms with Crippen LogP contribution in [0, 0.1) is 9.12 Å². The van der Waals surface area contributed by atoms with Gasteiger partial charge < -0.3 is 4.90 Å². The summed E-state index contributed by atoms with van der Waals surface area (Å²) in [7, 11) is -1.03. The van der Waals surface area contributed by atoms with Crippen LogP contribution in [0.3, 0.4) is 0 Å². The van der Waals surface area contributed by atoms with E-state index in [9.17, 15) is 4.21 Å². The average molecular weight is 639 g/mol. The molecular formula is C23H29Cl2IN4OS2. The Labute approximate surface area is 226 Å². The highest BCUT2D eigenvalue weighted by atomic mass is 127. The third kappa shape index (κ3) is 5.82. The van der Waals surface area contributed by atoms with Crippen molar-refractivity contribution in [2.45, 2.75) is 73.6 Å². The molecule has 1 aromatic heterocycles. The Morgan fingerprint density at radius 2 is 1.97 bits per heavy atom. The largest absolute Gasteiger partial charge is 0.355 e. The number of aromatic nitrogens is 2. The third-order valence-corrected chi connectivity index (χ3v) is 11.3. The summed E-state index contributed by atoms with van der Waals surface area (Å²) in [5.74, 6) is 0.913. The van der Waals surface area contributed by atoms with Gasteiger partial charge in [-0.25, -0.2) is 18.9 Å². The fraction of sp³-hybridized carbons (Fsp3) is 0.565. The van der Waals surface area contributed by atoms with Gasteiger partial charge in [-0.1, -0.05) is 47.5 Å². The fourth-order valence-corrected chi connectivity index (χ4v) is 7.60. The van der Waals surface area contributed by atoms with Crippen molar-refractivity contribution in [1.82, 2.24) is 14.7 Å². The average Bonchev–Trinajstić information content (AvgIpc) is 3.14. The first-order valence-electron chi connectivity index (χ1n) is 11.2. The van der Waals surface area contributed by atoms with Crippen molar-refractivity contribution in [3.8, 4) is 0 Å². The number of benzene rings is 1. The highest BCUT2D eigenvalue weighted by Crippen LogP contribution is 2.47. The van der Waals surface area contributed by atoms with Gasteiger partial charge in [-0.2, -0.15) is 0 Å². The zero-order valence-electron chi connectivity index (χ0n) is 19.0. The van der Waals surface area contributed by atoms with Gasteiger partial charge in [-0.3, -0.25) is 0 Å². The smallest absolute Gasteiger partial charge is 0.148 e. The van der Waals surface area contributed by atoms with Gasteiger partial charge in [0.1, 0.15) is 14.5 Å². The quantitative estimate of drug-likeness (QED) is 0.368. The molecule has 1 aromatic carbocycles. The minimum atomic E-state index is -1.03. The second-order valence-corrected chi connectivity index (χ2v) is 14.6. The van der Waals surface area contributed by atoms with Crippen molar-refractivity contribution in [3.05, 3.63) is 38.1 Å². The number of nitrogens with one attached hydrogen (secondary N) is 1. The van der Waals surface area contributed by atoms with E-state index in [-0.39, 0.29) is 10.2 Å². The molecule has 180 valence electrons. The van der Waals surface area contributed by atoms with Crippen molar-refractivity contribution in [1.29, 1.82) is 0 Å². The number of halogens is 3. The van der Waals surface area contributed by atoms with E-state index in [2.05, 4.69) is 37.2 Å². The summed E-state index contributed by atoms with van der Waals surface area (Å²) in [5.41, 5.74) is 0.233. The highest BCUT2D eigenvalue weighted by molar-refractivity contribution is 14.1. The predicted octanol–water partition coefficient (Wildman–Crippen LogP) is 6.73. The van der Waals surface area contributed by atoms with E-state index >= 15 is 0 Å².